The van der Waals surface area contributed by atoms with E-state index in [2.05, 4.69) is 64.8 Å². The highest BCUT2D eigenvalue weighted by atomic mass is 16.1. The van der Waals surface area contributed by atoms with Crippen molar-refractivity contribution in [2.24, 2.45) is 0 Å². The summed E-state index contributed by atoms with van der Waals surface area (Å²) in [5.41, 5.74) is 5.54. The molecule has 1 atom stereocenters. The van der Waals surface area contributed by atoms with Gasteiger partial charge < -0.3 is 10.2 Å². The van der Waals surface area contributed by atoms with Crippen LogP contribution >= 0.6 is 0 Å². The molecule has 1 aromatic heterocycles. The molecule has 0 aliphatic carbocycles. The van der Waals surface area contributed by atoms with E-state index < -0.39 is 0 Å². The number of benzene rings is 2. The summed E-state index contributed by atoms with van der Waals surface area (Å²) < 4.78 is 2.13. The summed E-state index contributed by atoms with van der Waals surface area (Å²) in [7, 11) is 2.01. The van der Waals surface area contributed by atoms with Gasteiger partial charge in [-0.25, -0.2) is 0 Å². The van der Waals surface area contributed by atoms with Gasteiger partial charge in [0.25, 0.3) is 5.56 Å². The van der Waals surface area contributed by atoms with Crippen LogP contribution in [0.1, 0.15) is 28.3 Å². The quantitative estimate of drug-likeness (QED) is 0.768. The van der Waals surface area contributed by atoms with Crippen LogP contribution in [-0.4, -0.2) is 23.1 Å². The van der Waals surface area contributed by atoms with Crippen molar-refractivity contribution in [1.29, 1.82) is 0 Å². The van der Waals surface area contributed by atoms with Crippen molar-refractivity contribution in [3.05, 3.63) is 81.1 Å². The molecule has 4 rings (SSSR count). The van der Waals surface area contributed by atoms with Crippen LogP contribution in [0.4, 0.5) is 17.5 Å². The number of aryl methyl sites for hydroxylation is 3. The molecule has 27 heavy (non-hydrogen) atoms. The predicted molar refractivity (Wildman–Crippen MR) is 110 cm³/mol. The number of rotatable bonds is 3. The minimum Gasteiger partial charge on any atom is -0.358 e. The van der Waals surface area contributed by atoms with Gasteiger partial charge >= 0.3 is 0 Å². The fraction of sp³-hybridized carbons (Fsp3) is 0.273. The molecule has 2 heterocycles. The minimum absolute atomic E-state index is 0.105. The summed E-state index contributed by atoms with van der Waals surface area (Å²) >= 11 is 0. The third-order valence-electron chi connectivity index (χ3n) is 5.36. The molecule has 1 unspecified atom stereocenters. The zero-order valence-corrected chi connectivity index (χ0v) is 16.2. The molecule has 3 aromatic rings. The summed E-state index contributed by atoms with van der Waals surface area (Å²) in [6.07, 6.45) is 0. The topological polar surface area (TPSA) is 50.2 Å². The van der Waals surface area contributed by atoms with Crippen LogP contribution in [-0.2, 0) is 0 Å². The number of likely N-dealkylation sites (N-methyl/N-ethyl adjacent to an activating group) is 1. The maximum absolute atomic E-state index is 12.2. The van der Waals surface area contributed by atoms with Gasteiger partial charge in [0, 0.05) is 25.3 Å². The van der Waals surface area contributed by atoms with Crippen molar-refractivity contribution in [2.45, 2.75) is 26.8 Å². The standard InChI is InChI=1S/C22H24N4O/c1-14-10-16(3)18(11-15(14)2)23-22-24-20(27)12-21-25(4)13-19(26(21)22)17-8-6-5-7-9-17/h5-12,19H,13H2,1-4H3,(H,23,24,27). The van der Waals surface area contributed by atoms with Gasteiger partial charge in [-0.1, -0.05) is 36.4 Å². The van der Waals surface area contributed by atoms with Crippen molar-refractivity contribution in [1.82, 2.24) is 9.55 Å². The number of nitrogens with zero attached hydrogens (tertiary/aromatic N) is 3. The Bertz CT molecular complexity index is 1060. The highest BCUT2D eigenvalue weighted by Gasteiger charge is 2.30. The zero-order valence-electron chi connectivity index (χ0n) is 16.2. The summed E-state index contributed by atoms with van der Waals surface area (Å²) in [6, 6.07) is 16.3. The van der Waals surface area contributed by atoms with Gasteiger partial charge in [-0.3, -0.25) is 9.36 Å². The fourth-order valence-electron chi connectivity index (χ4n) is 3.75. The third kappa shape index (κ3) is 3.10. The Kier molecular flexibility index (Phi) is 4.22. The first-order valence-electron chi connectivity index (χ1n) is 9.18. The van der Waals surface area contributed by atoms with E-state index in [9.17, 15) is 4.79 Å². The molecular formula is C22H24N4O. The van der Waals surface area contributed by atoms with Crippen LogP contribution in [0.25, 0.3) is 0 Å². The van der Waals surface area contributed by atoms with Gasteiger partial charge in [0.1, 0.15) is 5.82 Å². The van der Waals surface area contributed by atoms with E-state index in [4.69, 9.17) is 0 Å². The molecule has 0 amide bonds. The molecule has 1 aliphatic heterocycles. The Labute approximate surface area is 159 Å². The summed E-state index contributed by atoms with van der Waals surface area (Å²) in [5, 5.41) is 3.43. The molecule has 138 valence electrons. The van der Waals surface area contributed by atoms with Crippen molar-refractivity contribution in [2.75, 3.05) is 23.8 Å². The number of hydrogen-bond donors (Lipinski definition) is 1. The second-order valence-electron chi connectivity index (χ2n) is 7.33. The first-order chi connectivity index (χ1) is 12.9. The van der Waals surface area contributed by atoms with Gasteiger partial charge in [0.2, 0.25) is 5.95 Å². The van der Waals surface area contributed by atoms with Crippen LogP contribution in [0.5, 0.6) is 0 Å². The Balaban J connectivity index is 1.84. The molecule has 5 heteroatoms. The van der Waals surface area contributed by atoms with E-state index in [0.29, 0.717) is 5.95 Å². The first-order valence-corrected chi connectivity index (χ1v) is 9.18. The highest BCUT2D eigenvalue weighted by Crippen LogP contribution is 2.35. The van der Waals surface area contributed by atoms with E-state index in [-0.39, 0.29) is 11.6 Å². The van der Waals surface area contributed by atoms with E-state index in [1.807, 2.05) is 25.2 Å². The lowest BCUT2D eigenvalue weighted by atomic mass is 10.0. The zero-order chi connectivity index (χ0) is 19.1. The van der Waals surface area contributed by atoms with Gasteiger partial charge in [0.15, 0.2) is 0 Å². The molecule has 0 radical (unpaired) electrons. The summed E-state index contributed by atoms with van der Waals surface area (Å²) in [5.74, 6) is 1.47. The van der Waals surface area contributed by atoms with E-state index in [1.165, 1.54) is 16.7 Å². The number of fused-ring (bicyclic) bond motifs is 1. The van der Waals surface area contributed by atoms with Gasteiger partial charge in [-0.2, -0.15) is 4.98 Å². The molecule has 0 saturated carbocycles. The lowest BCUT2D eigenvalue weighted by Gasteiger charge is -2.20. The molecule has 0 fully saturated rings. The van der Waals surface area contributed by atoms with Crippen molar-refractivity contribution >= 4 is 17.5 Å². The number of hydrogen-bond acceptors (Lipinski definition) is 4. The van der Waals surface area contributed by atoms with Gasteiger partial charge in [0.05, 0.1) is 6.04 Å². The van der Waals surface area contributed by atoms with E-state index in [1.54, 1.807) is 6.07 Å². The molecule has 1 aliphatic rings. The number of anilines is 3. The van der Waals surface area contributed by atoms with Gasteiger partial charge in [-0.05, 0) is 49.1 Å². The average molecular weight is 360 g/mol. The SMILES string of the molecule is Cc1cc(C)c(Nc2nc(=O)cc3n2C(c2ccccc2)CN3C)cc1C. The van der Waals surface area contributed by atoms with Crippen molar-refractivity contribution in [3.8, 4) is 0 Å². The normalized spacial score (nSPS) is 15.7. The molecule has 0 spiro atoms. The molecule has 0 saturated heterocycles. The Morgan fingerprint density at radius 1 is 1.00 bits per heavy atom. The molecule has 2 aromatic carbocycles. The lowest BCUT2D eigenvalue weighted by molar-refractivity contribution is 0.654. The van der Waals surface area contributed by atoms with Crippen LogP contribution < -0.4 is 15.8 Å². The summed E-state index contributed by atoms with van der Waals surface area (Å²) in [4.78, 5) is 18.7. The maximum Gasteiger partial charge on any atom is 0.276 e. The highest BCUT2D eigenvalue weighted by molar-refractivity contribution is 5.63. The van der Waals surface area contributed by atoms with E-state index >= 15 is 0 Å². The second-order valence-corrected chi connectivity index (χ2v) is 7.33. The smallest absolute Gasteiger partial charge is 0.276 e. The Hall–Kier alpha value is -3.08. The van der Waals surface area contributed by atoms with Crippen molar-refractivity contribution in [3.63, 3.8) is 0 Å². The van der Waals surface area contributed by atoms with Crippen LogP contribution in [0, 0.1) is 20.8 Å². The van der Waals surface area contributed by atoms with Crippen LogP contribution in [0.2, 0.25) is 0 Å². The first kappa shape index (κ1) is 17.3. The molecule has 5 nitrogen and oxygen atoms in total. The minimum atomic E-state index is -0.231. The van der Waals surface area contributed by atoms with Gasteiger partial charge in [-0.15, -0.1) is 0 Å². The van der Waals surface area contributed by atoms with Crippen LogP contribution in [0.3, 0.4) is 0 Å². The fourth-order valence-corrected chi connectivity index (χ4v) is 3.75. The number of nitrogens with one attached hydrogen (secondary N) is 1. The maximum atomic E-state index is 12.2. The average Bonchev–Trinajstić information content (AvgIpc) is 2.97. The monoisotopic (exact) mass is 360 g/mol. The van der Waals surface area contributed by atoms with Crippen LogP contribution in [0.15, 0.2) is 53.3 Å². The Morgan fingerprint density at radius 3 is 2.44 bits per heavy atom. The predicted octanol–water partition coefficient (Wildman–Crippen LogP) is 3.95. The lowest BCUT2D eigenvalue weighted by Crippen LogP contribution is -2.18. The molecule has 1 N–H and O–H groups in total. The second kappa shape index (κ2) is 6.58. The van der Waals surface area contributed by atoms with Crippen molar-refractivity contribution < 1.29 is 0 Å². The molecule has 0 bridgehead atoms. The summed E-state index contributed by atoms with van der Waals surface area (Å²) in [6.45, 7) is 7.07. The number of aromatic nitrogens is 2. The largest absolute Gasteiger partial charge is 0.358 e. The third-order valence-corrected chi connectivity index (χ3v) is 5.36. The Morgan fingerprint density at radius 2 is 1.70 bits per heavy atom. The van der Waals surface area contributed by atoms with E-state index in [0.717, 1.165) is 23.6 Å². The molecular weight excluding hydrogens is 336 g/mol.